The number of carbonyl (C=O) groups is 2. The Labute approximate surface area is 210 Å². The molecule has 0 spiro atoms. The zero-order valence-electron chi connectivity index (χ0n) is 19.6. The molecule has 3 aromatic heterocycles. The number of H-pyrrole nitrogens is 1. The molecule has 0 saturated carbocycles. The van der Waals surface area contributed by atoms with Crippen molar-refractivity contribution in [1.29, 1.82) is 0 Å². The van der Waals surface area contributed by atoms with Crippen LogP contribution in [0.15, 0.2) is 57.9 Å². The van der Waals surface area contributed by atoms with Gasteiger partial charge in [0, 0.05) is 41.0 Å². The number of aromatic amines is 1. The SMILES string of the molecule is CCc1c(C)nc(-n2nc(-c3ccco3)cc2NC(=O)C2CC(=O)N(c3ccc(Cl)cc3)C2)[nH]c1=O. The number of hydrogen-bond donors (Lipinski definition) is 2. The van der Waals surface area contributed by atoms with Crippen molar-refractivity contribution in [3.05, 3.63) is 75.4 Å². The number of nitrogens with zero attached hydrogens (tertiary/aromatic N) is 4. The lowest BCUT2D eigenvalue weighted by molar-refractivity contribution is -0.122. The first-order valence-corrected chi connectivity index (χ1v) is 11.8. The summed E-state index contributed by atoms with van der Waals surface area (Å²) in [6.07, 6.45) is 2.12. The van der Waals surface area contributed by atoms with E-state index in [1.807, 2.05) is 6.92 Å². The zero-order valence-corrected chi connectivity index (χ0v) is 20.4. The summed E-state index contributed by atoms with van der Waals surface area (Å²) in [5, 5.41) is 7.94. The second-order valence-corrected chi connectivity index (χ2v) is 8.92. The minimum atomic E-state index is -0.584. The van der Waals surface area contributed by atoms with Crippen molar-refractivity contribution in [3.63, 3.8) is 0 Å². The summed E-state index contributed by atoms with van der Waals surface area (Å²) < 4.78 is 6.81. The van der Waals surface area contributed by atoms with E-state index in [-0.39, 0.29) is 42.1 Å². The number of hydrogen-bond acceptors (Lipinski definition) is 6. The Morgan fingerprint density at radius 1 is 1.25 bits per heavy atom. The van der Waals surface area contributed by atoms with Crippen molar-refractivity contribution >= 4 is 34.9 Å². The molecule has 0 radical (unpaired) electrons. The minimum absolute atomic E-state index is 0.0625. The van der Waals surface area contributed by atoms with Crippen molar-refractivity contribution in [2.75, 3.05) is 16.8 Å². The van der Waals surface area contributed by atoms with E-state index in [0.717, 1.165) is 0 Å². The van der Waals surface area contributed by atoms with Gasteiger partial charge in [-0.05, 0) is 49.7 Å². The molecule has 184 valence electrons. The van der Waals surface area contributed by atoms with Crippen LogP contribution in [0.4, 0.5) is 11.5 Å². The molecular weight excluding hydrogens is 484 g/mol. The molecule has 1 unspecified atom stereocenters. The highest BCUT2D eigenvalue weighted by Gasteiger charge is 2.35. The second kappa shape index (κ2) is 9.46. The molecule has 2 amide bonds. The van der Waals surface area contributed by atoms with Gasteiger partial charge in [0.1, 0.15) is 11.5 Å². The molecule has 1 aromatic carbocycles. The van der Waals surface area contributed by atoms with Gasteiger partial charge in [0.05, 0.1) is 12.2 Å². The number of aryl methyl sites for hydroxylation is 1. The Balaban J connectivity index is 1.45. The van der Waals surface area contributed by atoms with Crippen LogP contribution < -0.4 is 15.8 Å². The van der Waals surface area contributed by atoms with E-state index in [9.17, 15) is 14.4 Å². The van der Waals surface area contributed by atoms with E-state index in [4.69, 9.17) is 16.0 Å². The quantitative estimate of drug-likeness (QED) is 0.410. The molecule has 10 nitrogen and oxygen atoms in total. The summed E-state index contributed by atoms with van der Waals surface area (Å²) in [5.74, 6) is -0.155. The van der Waals surface area contributed by atoms with Gasteiger partial charge in [-0.15, -0.1) is 0 Å². The monoisotopic (exact) mass is 506 g/mol. The topological polar surface area (TPSA) is 126 Å². The molecule has 1 aliphatic rings. The van der Waals surface area contributed by atoms with E-state index < -0.39 is 5.92 Å². The molecule has 4 aromatic rings. The fourth-order valence-electron chi connectivity index (χ4n) is 4.27. The molecule has 2 N–H and O–H groups in total. The third-order valence-electron chi connectivity index (χ3n) is 6.13. The van der Waals surface area contributed by atoms with Crippen molar-refractivity contribution < 1.29 is 14.0 Å². The Kier molecular flexibility index (Phi) is 6.19. The van der Waals surface area contributed by atoms with Crippen LogP contribution in [0.1, 0.15) is 24.6 Å². The normalized spacial score (nSPS) is 15.5. The molecular formula is C25H23ClN6O4. The summed E-state index contributed by atoms with van der Waals surface area (Å²) in [6.45, 7) is 3.86. The smallest absolute Gasteiger partial charge is 0.255 e. The molecule has 1 fully saturated rings. The van der Waals surface area contributed by atoms with Crippen LogP contribution in [-0.4, -0.2) is 38.1 Å². The number of amides is 2. The molecule has 0 aliphatic carbocycles. The van der Waals surface area contributed by atoms with Crippen LogP contribution in [0.25, 0.3) is 17.4 Å². The fraction of sp³-hybridized carbons (Fsp3) is 0.240. The molecule has 5 rings (SSSR count). The first-order chi connectivity index (χ1) is 17.3. The van der Waals surface area contributed by atoms with Crippen LogP contribution >= 0.6 is 11.6 Å². The number of furan rings is 1. The summed E-state index contributed by atoms with van der Waals surface area (Å²) in [7, 11) is 0. The molecule has 1 saturated heterocycles. The summed E-state index contributed by atoms with van der Waals surface area (Å²) in [4.78, 5) is 47.3. The number of carbonyl (C=O) groups excluding carboxylic acids is 2. The first-order valence-electron chi connectivity index (χ1n) is 11.4. The Morgan fingerprint density at radius 2 is 2.03 bits per heavy atom. The summed E-state index contributed by atoms with van der Waals surface area (Å²) in [6, 6.07) is 12.0. The highest BCUT2D eigenvalue weighted by Crippen LogP contribution is 2.29. The van der Waals surface area contributed by atoms with Crippen molar-refractivity contribution in [3.8, 4) is 17.4 Å². The maximum atomic E-state index is 13.2. The first kappa shape index (κ1) is 23.6. The van der Waals surface area contributed by atoms with E-state index >= 15 is 0 Å². The van der Waals surface area contributed by atoms with Gasteiger partial charge in [0.25, 0.3) is 5.56 Å². The largest absolute Gasteiger partial charge is 0.463 e. The predicted molar refractivity (Wildman–Crippen MR) is 134 cm³/mol. The van der Waals surface area contributed by atoms with Crippen LogP contribution in [0, 0.1) is 12.8 Å². The number of aromatic nitrogens is 4. The van der Waals surface area contributed by atoms with Crippen LogP contribution in [0.5, 0.6) is 0 Å². The molecule has 4 heterocycles. The van der Waals surface area contributed by atoms with E-state index in [1.54, 1.807) is 54.3 Å². The minimum Gasteiger partial charge on any atom is -0.463 e. The van der Waals surface area contributed by atoms with Crippen molar-refractivity contribution in [2.24, 2.45) is 5.92 Å². The number of benzene rings is 1. The maximum absolute atomic E-state index is 13.2. The number of rotatable bonds is 6. The van der Waals surface area contributed by atoms with E-state index in [1.165, 1.54) is 10.9 Å². The standard InChI is InChI=1S/C25H23ClN6O4/c1-3-18-14(2)27-25(29-24(18)35)32-21(12-19(30-32)20-5-4-10-36-20)28-23(34)15-11-22(33)31(13-15)17-8-6-16(26)7-9-17/h4-10,12,15H,3,11,13H2,1-2H3,(H,28,34)(H,27,29,35). The van der Waals surface area contributed by atoms with Gasteiger partial charge in [0.2, 0.25) is 17.8 Å². The zero-order chi connectivity index (χ0) is 25.4. The van der Waals surface area contributed by atoms with Gasteiger partial charge in [-0.1, -0.05) is 18.5 Å². The lowest BCUT2D eigenvalue weighted by Gasteiger charge is -2.17. The molecule has 1 aliphatic heterocycles. The van der Waals surface area contributed by atoms with Gasteiger partial charge in [0.15, 0.2) is 5.76 Å². The molecule has 36 heavy (non-hydrogen) atoms. The average molecular weight is 507 g/mol. The summed E-state index contributed by atoms with van der Waals surface area (Å²) >= 11 is 5.96. The molecule has 11 heteroatoms. The van der Waals surface area contributed by atoms with Gasteiger partial charge in [-0.3, -0.25) is 19.4 Å². The van der Waals surface area contributed by atoms with Gasteiger partial charge < -0.3 is 14.6 Å². The Morgan fingerprint density at radius 3 is 2.69 bits per heavy atom. The van der Waals surface area contributed by atoms with Crippen molar-refractivity contribution in [2.45, 2.75) is 26.7 Å². The molecule has 0 bridgehead atoms. The van der Waals surface area contributed by atoms with Gasteiger partial charge in [-0.25, -0.2) is 4.98 Å². The van der Waals surface area contributed by atoms with Gasteiger partial charge in [-0.2, -0.15) is 9.78 Å². The predicted octanol–water partition coefficient (Wildman–Crippen LogP) is 3.73. The summed E-state index contributed by atoms with van der Waals surface area (Å²) in [5.41, 5.74) is 2.00. The Hall–Kier alpha value is -4.18. The highest BCUT2D eigenvalue weighted by atomic mass is 35.5. The highest BCUT2D eigenvalue weighted by molar-refractivity contribution is 6.30. The van der Waals surface area contributed by atoms with Crippen LogP contribution in [-0.2, 0) is 16.0 Å². The maximum Gasteiger partial charge on any atom is 0.255 e. The van der Waals surface area contributed by atoms with Crippen LogP contribution in [0.3, 0.4) is 0 Å². The lowest BCUT2D eigenvalue weighted by Crippen LogP contribution is -2.29. The van der Waals surface area contributed by atoms with E-state index in [2.05, 4.69) is 20.4 Å². The molecule has 1 atom stereocenters. The van der Waals surface area contributed by atoms with Crippen LogP contribution in [0.2, 0.25) is 5.02 Å². The number of anilines is 2. The second-order valence-electron chi connectivity index (χ2n) is 8.48. The third kappa shape index (κ3) is 4.42. The van der Waals surface area contributed by atoms with Crippen molar-refractivity contribution in [1.82, 2.24) is 19.7 Å². The van der Waals surface area contributed by atoms with E-state index in [0.29, 0.717) is 39.8 Å². The number of nitrogens with one attached hydrogen (secondary N) is 2. The number of halogens is 1. The Bertz CT molecular complexity index is 1490. The fourth-order valence-corrected chi connectivity index (χ4v) is 4.40. The third-order valence-corrected chi connectivity index (χ3v) is 6.38. The lowest BCUT2D eigenvalue weighted by atomic mass is 10.1. The average Bonchev–Trinajstić information content (AvgIpc) is 3.59. The van der Waals surface area contributed by atoms with Gasteiger partial charge >= 0.3 is 0 Å².